The number of hydrogen-bond donors (Lipinski definition) is 2. The zero-order chi connectivity index (χ0) is 16.4. The molecule has 7 heteroatoms. The Morgan fingerprint density at radius 1 is 1.26 bits per heavy atom. The number of guanidine groups is 1. The first-order chi connectivity index (χ1) is 10.6. The Balaban J connectivity index is 0.00000484. The molecule has 0 bridgehead atoms. The van der Waals surface area contributed by atoms with Gasteiger partial charge >= 0.3 is 5.97 Å². The molecule has 1 aromatic rings. The lowest BCUT2D eigenvalue weighted by Gasteiger charge is -2.14. The summed E-state index contributed by atoms with van der Waals surface area (Å²) in [6.07, 6.45) is 0.212. The number of carbonyl (C=O) groups is 1. The van der Waals surface area contributed by atoms with Crippen LogP contribution in [0.1, 0.15) is 25.8 Å². The van der Waals surface area contributed by atoms with E-state index < -0.39 is 0 Å². The third-order valence-corrected chi connectivity index (χ3v) is 2.85. The van der Waals surface area contributed by atoms with Crippen LogP contribution in [0.2, 0.25) is 0 Å². The zero-order valence-electron chi connectivity index (χ0n) is 14.1. The van der Waals surface area contributed by atoms with Gasteiger partial charge in [0.05, 0.1) is 19.6 Å². The lowest BCUT2D eigenvalue weighted by Crippen LogP contribution is -2.38. The Hall–Kier alpha value is -1.51. The Labute approximate surface area is 155 Å². The first kappa shape index (κ1) is 21.5. The second kappa shape index (κ2) is 12.0. The highest BCUT2D eigenvalue weighted by molar-refractivity contribution is 14.0. The van der Waals surface area contributed by atoms with Gasteiger partial charge in [-0.25, -0.2) is 0 Å². The predicted molar refractivity (Wildman–Crippen MR) is 102 cm³/mol. The van der Waals surface area contributed by atoms with Crippen LogP contribution in [0.3, 0.4) is 0 Å². The van der Waals surface area contributed by atoms with Gasteiger partial charge < -0.3 is 20.1 Å². The fraction of sp³-hybridized carbons (Fsp3) is 0.500. The molecule has 0 aliphatic heterocycles. The van der Waals surface area contributed by atoms with Crippen molar-refractivity contribution in [3.05, 3.63) is 29.8 Å². The summed E-state index contributed by atoms with van der Waals surface area (Å²) in [5, 5.41) is 6.26. The first-order valence-electron chi connectivity index (χ1n) is 7.32. The zero-order valence-corrected chi connectivity index (χ0v) is 16.4. The lowest BCUT2D eigenvalue weighted by molar-refractivity contribution is -0.147. The molecule has 130 valence electrons. The molecule has 0 saturated carbocycles. The van der Waals surface area contributed by atoms with Crippen LogP contribution in [-0.2, 0) is 16.1 Å². The standard InChI is InChI=1S/C16H25N3O3.HI/c1-12(2)22-15(20)9-10-18-16(17-3)19-11-13-7-5-6-8-14(13)21-4;/h5-8,12H,9-11H2,1-4H3,(H2,17,18,19);1H. The molecule has 0 amide bonds. The second-order valence-corrected chi connectivity index (χ2v) is 4.95. The first-order valence-corrected chi connectivity index (χ1v) is 7.32. The fourth-order valence-corrected chi connectivity index (χ4v) is 1.85. The van der Waals surface area contributed by atoms with Gasteiger partial charge in [0.1, 0.15) is 5.75 Å². The molecule has 1 aromatic carbocycles. The van der Waals surface area contributed by atoms with Gasteiger partial charge in [0.2, 0.25) is 0 Å². The van der Waals surface area contributed by atoms with Gasteiger partial charge in [-0.1, -0.05) is 18.2 Å². The molecule has 0 radical (unpaired) electrons. The van der Waals surface area contributed by atoms with Gasteiger partial charge in [0, 0.05) is 25.7 Å². The van der Waals surface area contributed by atoms with Gasteiger partial charge in [-0.15, -0.1) is 24.0 Å². The van der Waals surface area contributed by atoms with E-state index >= 15 is 0 Å². The normalized spacial score (nSPS) is 10.7. The van der Waals surface area contributed by atoms with E-state index in [-0.39, 0.29) is 36.0 Å². The van der Waals surface area contributed by atoms with E-state index in [1.165, 1.54) is 0 Å². The molecule has 23 heavy (non-hydrogen) atoms. The summed E-state index contributed by atoms with van der Waals surface area (Å²) in [5.74, 6) is 1.23. The van der Waals surface area contributed by atoms with Crippen LogP contribution in [0.15, 0.2) is 29.3 Å². The highest BCUT2D eigenvalue weighted by atomic mass is 127. The number of benzene rings is 1. The van der Waals surface area contributed by atoms with Crippen molar-refractivity contribution in [2.24, 2.45) is 4.99 Å². The molecular formula is C16H26IN3O3. The molecular weight excluding hydrogens is 409 g/mol. The minimum atomic E-state index is -0.220. The maximum atomic E-state index is 11.4. The van der Waals surface area contributed by atoms with Crippen LogP contribution >= 0.6 is 24.0 Å². The van der Waals surface area contributed by atoms with Gasteiger partial charge in [-0.3, -0.25) is 9.79 Å². The minimum absolute atomic E-state index is 0. The highest BCUT2D eigenvalue weighted by Crippen LogP contribution is 2.16. The quantitative estimate of drug-likeness (QED) is 0.298. The topological polar surface area (TPSA) is 72.0 Å². The monoisotopic (exact) mass is 435 g/mol. The van der Waals surface area contributed by atoms with E-state index in [0.29, 0.717) is 25.5 Å². The van der Waals surface area contributed by atoms with Gasteiger partial charge in [-0.05, 0) is 19.9 Å². The predicted octanol–water partition coefficient (Wildman–Crippen LogP) is 2.32. The average molecular weight is 435 g/mol. The van der Waals surface area contributed by atoms with E-state index in [1.54, 1.807) is 14.2 Å². The largest absolute Gasteiger partial charge is 0.496 e. The van der Waals surface area contributed by atoms with E-state index in [2.05, 4.69) is 15.6 Å². The summed E-state index contributed by atoms with van der Waals surface area (Å²) in [4.78, 5) is 15.6. The van der Waals surface area contributed by atoms with Crippen molar-refractivity contribution in [2.45, 2.75) is 32.9 Å². The van der Waals surface area contributed by atoms with Crippen LogP contribution in [0.25, 0.3) is 0 Å². The van der Waals surface area contributed by atoms with Crippen LogP contribution < -0.4 is 15.4 Å². The molecule has 0 aliphatic rings. The maximum absolute atomic E-state index is 11.4. The third-order valence-electron chi connectivity index (χ3n) is 2.85. The van der Waals surface area contributed by atoms with Crippen molar-refractivity contribution in [1.82, 2.24) is 10.6 Å². The van der Waals surface area contributed by atoms with E-state index in [9.17, 15) is 4.79 Å². The lowest BCUT2D eigenvalue weighted by atomic mass is 10.2. The Bertz CT molecular complexity index is 507. The Morgan fingerprint density at radius 2 is 1.96 bits per heavy atom. The minimum Gasteiger partial charge on any atom is -0.496 e. The van der Waals surface area contributed by atoms with E-state index in [0.717, 1.165) is 11.3 Å². The highest BCUT2D eigenvalue weighted by Gasteiger charge is 2.06. The fourth-order valence-electron chi connectivity index (χ4n) is 1.85. The van der Waals surface area contributed by atoms with Crippen molar-refractivity contribution in [2.75, 3.05) is 20.7 Å². The van der Waals surface area contributed by atoms with Crippen LogP contribution in [0.4, 0.5) is 0 Å². The summed E-state index contributed by atoms with van der Waals surface area (Å²) in [6, 6.07) is 7.78. The molecule has 0 saturated heterocycles. The molecule has 2 N–H and O–H groups in total. The number of aliphatic imine (C=N–C) groups is 1. The van der Waals surface area contributed by atoms with Crippen LogP contribution in [0, 0.1) is 0 Å². The van der Waals surface area contributed by atoms with Crippen LogP contribution in [-0.4, -0.2) is 38.7 Å². The van der Waals surface area contributed by atoms with Crippen molar-refractivity contribution in [3.63, 3.8) is 0 Å². The number of para-hydroxylation sites is 1. The third kappa shape index (κ3) is 8.63. The molecule has 6 nitrogen and oxygen atoms in total. The summed E-state index contributed by atoms with van der Waals surface area (Å²) >= 11 is 0. The van der Waals surface area contributed by atoms with E-state index in [1.807, 2.05) is 38.1 Å². The molecule has 1 rings (SSSR count). The van der Waals surface area contributed by atoms with Gasteiger partial charge in [0.25, 0.3) is 0 Å². The van der Waals surface area contributed by atoms with Gasteiger partial charge in [-0.2, -0.15) is 0 Å². The van der Waals surface area contributed by atoms with E-state index in [4.69, 9.17) is 9.47 Å². The Kier molecular flexibility index (Phi) is 11.2. The Morgan fingerprint density at radius 3 is 2.57 bits per heavy atom. The summed E-state index contributed by atoms with van der Waals surface area (Å²) in [7, 11) is 3.33. The molecule has 0 atom stereocenters. The van der Waals surface area contributed by atoms with Crippen molar-refractivity contribution < 1.29 is 14.3 Å². The number of carbonyl (C=O) groups excluding carboxylic acids is 1. The van der Waals surface area contributed by atoms with Crippen molar-refractivity contribution >= 4 is 35.9 Å². The van der Waals surface area contributed by atoms with Gasteiger partial charge in [0.15, 0.2) is 5.96 Å². The second-order valence-electron chi connectivity index (χ2n) is 4.95. The van der Waals surface area contributed by atoms with Crippen LogP contribution in [0.5, 0.6) is 5.75 Å². The summed E-state index contributed by atoms with van der Waals surface area (Å²) < 4.78 is 10.4. The number of halogens is 1. The SMILES string of the molecule is CN=C(NCCC(=O)OC(C)C)NCc1ccccc1OC.I. The summed E-state index contributed by atoms with van der Waals surface area (Å²) in [5.41, 5.74) is 1.03. The van der Waals surface area contributed by atoms with Crippen molar-refractivity contribution in [3.8, 4) is 5.75 Å². The average Bonchev–Trinajstić information content (AvgIpc) is 2.50. The number of esters is 1. The molecule has 0 heterocycles. The molecule has 0 aliphatic carbocycles. The molecule has 0 spiro atoms. The number of methoxy groups -OCH3 is 1. The smallest absolute Gasteiger partial charge is 0.307 e. The molecule has 0 aromatic heterocycles. The molecule has 0 unspecified atom stereocenters. The number of ether oxygens (including phenoxy) is 2. The number of rotatable bonds is 7. The summed E-state index contributed by atoms with van der Waals surface area (Å²) in [6.45, 7) is 4.72. The number of nitrogens with zero attached hydrogens (tertiary/aromatic N) is 1. The van der Waals surface area contributed by atoms with Crippen molar-refractivity contribution in [1.29, 1.82) is 0 Å². The number of hydrogen-bond acceptors (Lipinski definition) is 4. The maximum Gasteiger partial charge on any atom is 0.307 e. The number of nitrogens with one attached hydrogen (secondary N) is 2. The molecule has 0 fully saturated rings.